The molecular weight excluding hydrogens is 258 g/mol. The van der Waals surface area contributed by atoms with Crippen LogP contribution in [-0.4, -0.2) is 58.2 Å². The Labute approximate surface area is 119 Å². The number of rotatable bonds is 4. The van der Waals surface area contributed by atoms with E-state index in [2.05, 4.69) is 26.6 Å². The van der Waals surface area contributed by atoms with Crippen molar-refractivity contribution in [2.24, 2.45) is 0 Å². The van der Waals surface area contributed by atoms with Gasteiger partial charge in [0.2, 0.25) is 0 Å². The number of ether oxygens (including phenoxy) is 1. The molecule has 104 valence electrons. The minimum absolute atomic E-state index is 0.334. The Morgan fingerprint density at radius 1 is 1.21 bits per heavy atom. The van der Waals surface area contributed by atoms with Crippen molar-refractivity contribution in [3.8, 4) is 0 Å². The Kier molecular flexibility index (Phi) is 4.69. The van der Waals surface area contributed by atoms with E-state index in [0.717, 1.165) is 25.1 Å². The molecule has 1 aromatic rings. The van der Waals surface area contributed by atoms with Crippen LogP contribution in [0.1, 0.15) is 18.5 Å². The standard InChI is InChI=1S/C14H21N3OS/c1-2-14(11-17-5-7-19-8-6-17)18-13(1)9-12-10-15-3-4-16-12/h3-4,10,13-14H,1-2,5-9,11H2/t13-,14+/m0/s1. The first kappa shape index (κ1) is 13.3. The first-order valence-electron chi connectivity index (χ1n) is 7.10. The van der Waals surface area contributed by atoms with Crippen molar-refractivity contribution in [3.63, 3.8) is 0 Å². The van der Waals surface area contributed by atoms with Crippen molar-refractivity contribution in [1.29, 1.82) is 0 Å². The summed E-state index contributed by atoms with van der Waals surface area (Å²) in [4.78, 5) is 11.0. The second-order valence-corrected chi connectivity index (χ2v) is 6.50. The molecule has 5 heteroatoms. The molecule has 4 nitrogen and oxygen atoms in total. The summed E-state index contributed by atoms with van der Waals surface area (Å²) in [6.07, 6.45) is 9.33. The number of hydrogen-bond donors (Lipinski definition) is 0. The minimum Gasteiger partial charge on any atom is -0.373 e. The number of nitrogens with zero attached hydrogens (tertiary/aromatic N) is 3. The molecule has 0 saturated carbocycles. The summed E-state index contributed by atoms with van der Waals surface area (Å²) < 4.78 is 6.15. The predicted molar refractivity (Wildman–Crippen MR) is 77.4 cm³/mol. The normalized spacial score (nSPS) is 28.6. The molecule has 1 aromatic heterocycles. The van der Waals surface area contributed by atoms with Crippen LogP contribution in [0.4, 0.5) is 0 Å². The van der Waals surface area contributed by atoms with Crippen LogP contribution < -0.4 is 0 Å². The Morgan fingerprint density at radius 2 is 2.05 bits per heavy atom. The molecule has 3 heterocycles. The second-order valence-electron chi connectivity index (χ2n) is 5.27. The van der Waals surface area contributed by atoms with E-state index in [1.165, 1.54) is 31.0 Å². The molecule has 2 aliphatic heterocycles. The molecule has 0 unspecified atom stereocenters. The maximum Gasteiger partial charge on any atom is 0.0706 e. The van der Waals surface area contributed by atoms with Crippen LogP contribution in [0.5, 0.6) is 0 Å². The van der Waals surface area contributed by atoms with Gasteiger partial charge in [-0.05, 0) is 12.8 Å². The summed E-state index contributed by atoms with van der Waals surface area (Å²) in [5.74, 6) is 2.55. The second kappa shape index (κ2) is 6.68. The lowest BCUT2D eigenvalue weighted by Gasteiger charge is -2.28. The summed E-state index contributed by atoms with van der Waals surface area (Å²) in [6.45, 7) is 3.55. The molecule has 2 aliphatic rings. The van der Waals surface area contributed by atoms with Crippen LogP contribution in [0, 0.1) is 0 Å². The topological polar surface area (TPSA) is 38.2 Å². The SMILES string of the molecule is c1cnc(C[C@@H]2CC[C@H](CN3CCSCC3)O2)cn1. The number of thioether (sulfide) groups is 1. The highest BCUT2D eigenvalue weighted by atomic mass is 32.2. The summed E-state index contributed by atoms with van der Waals surface area (Å²) >= 11 is 2.06. The van der Waals surface area contributed by atoms with Crippen LogP contribution in [-0.2, 0) is 11.2 Å². The van der Waals surface area contributed by atoms with Crippen LogP contribution in [0.3, 0.4) is 0 Å². The van der Waals surface area contributed by atoms with Gasteiger partial charge < -0.3 is 4.74 Å². The van der Waals surface area contributed by atoms with Gasteiger partial charge in [0.05, 0.1) is 17.9 Å². The first-order chi connectivity index (χ1) is 9.40. The van der Waals surface area contributed by atoms with E-state index in [4.69, 9.17) is 4.74 Å². The Balaban J connectivity index is 1.44. The van der Waals surface area contributed by atoms with Crippen molar-refractivity contribution >= 4 is 11.8 Å². The fourth-order valence-corrected chi connectivity index (χ4v) is 3.78. The quantitative estimate of drug-likeness (QED) is 0.837. The minimum atomic E-state index is 0.334. The smallest absolute Gasteiger partial charge is 0.0706 e. The maximum absolute atomic E-state index is 6.15. The third-order valence-corrected chi connectivity index (χ3v) is 4.76. The molecule has 0 radical (unpaired) electrons. The molecule has 0 N–H and O–H groups in total. The molecule has 3 rings (SSSR count). The van der Waals surface area contributed by atoms with Crippen LogP contribution in [0.25, 0.3) is 0 Å². The van der Waals surface area contributed by atoms with E-state index in [1.807, 2.05) is 6.20 Å². The van der Waals surface area contributed by atoms with Gasteiger partial charge in [-0.2, -0.15) is 11.8 Å². The molecule has 2 atom stereocenters. The third kappa shape index (κ3) is 3.91. The van der Waals surface area contributed by atoms with E-state index in [1.54, 1.807) is 12.4 Å². The van der Waals surface area contributed by atoms with Gasteiger partial charge in [0, 0.05) is 56.2 Å². The Hall–Kier alpha value is -0.650. The van der Waals surface area contributed by atoms with E-state index >= 15 is 0 Å². The maximum atomic E-state index is 6.15. The van der Waals surface area contributed by atoms with Gasteiger partial charge >= 0.3 is 0 Å². The molecule has 19 heavy (non-hydrogen) atoms. The number of aromatic nitrogens is 2. The average molecular weight is 279 g/mol. The summed E-state index contributed by atoms with van der Waals surface area (Å²) in [5.41, 5.74) is 1.04. The van der Waals surface area contributed by atoms with Crippen LogP contribution in [0.15, 0.2) is 18.6 Å². The zero-order valence-corrected chi connectivity index (χ0v) is 12.0. The van der Waals surface area contributed by atoms with Gasteiger partial charge in [-0.1, -0.05) is 0 Å². The lowest BCUT2D eigenvalue weighted by atomic mass is 10.1. The van der Waals surface area contributed by atoms with E-state index in [-0.39, 0.29) is 0 Å². The lowest BCUT2D eigenvalue weighted by molar-refractivity contribution is 0.0247. The van der Waals surface area contributed by atoms with Gasteiger partial charge in [0.1, 0.15) is 0 Å². The zero-order chi connectivity index (χ0) is 12.9. The van der Waals surface area contributed by atoms with E-state index < -0.39 is 0 Å². The van der Waals surface area contributed by atoms with Crippen molar-refractivity contribution in [2.75, 3.05) is 31.1 Å². The molecule has 0 spiro atoms. The van der Waals surface area contributed by atoms with Crippen molar-refractivity contribution in [1.82, 2.24) is 14.9 Å². The predicted octanol–water partition coefficient (Wildman–Crippen LogP) is 1.62. The Morgan fingerprint density at radius 3 is 2.84 bits per heavy atom. The average Bonchev–Trinajstić information content (AvgIpc) is 2.88. The molecule has 0 amide bonds. The molecule has 2 fully saturated rings. The van der Waals surface area contributed by atoms with Gasteiger partial charge in [0.25, 0.3) is 0 Å². The van der Waals surface area contributed by atoms with Gasteiger partial charge in [-0.25, -0.2) is 0 Å². The van der Waals surface area contributed by atoms with Crippen molar-refractivity contribution in [3.05, 3.63) is 24.3 Å². The third-order valence-electron chi connectivity index (χ3n) is 3.81. The van der Waals surface area contributed by atoms with Crippen molar-refractivity contribution in [2.45, 2.75) is 31.5 Å². The number of hydrogen-bond acceptors (Lipinski definition) is 5. The first-order valence-corrected chi connectivity index (χ1v) is 8.26. The van der Waals surface area contributed by atoms with E-state index in [9.17, 15) is 0 Å². The highest BCUT2D eigenvalue weighted by Crippen LogP contribution is 2.23. The van der Waals surface area contributed by atoms with Crippen molar-refractivity contribution < 1.29 is 4.74 Å². The molecule has 0 aromatic carbocycles. The molecule has 0 aliphatic carbocycles. The van der Waals surface area contributed by atoms with Gasteiger partial charge in [-0.15, -0.1) is 0 Å². The van der Waals surface area contributed by atoms with Gasteiger partial charge in [-0.3, -0.25) is 14.9 Å². The summed E-state index contributed by atoms with van der Waals surface area (Å²) in [5, 5.41) is 0. The van der Waals surface area contributed by atoms with E-state index in [0.29, 0.717) is 12.2 Å². The molecular formula is C14H21N3OS. The zero-order valence-electron chi connectivity index (χ0n) is 11.2. The lowest BCUT2D eigenvalue weighted by Crippen LogP contribution is -2.38. The summed E-state index contributed by atoms with van der Waals surface area (Å²) in [7, 11) is 0. The van der Waals surface area contributed by atoms with Crippen LogP contribution in [0.2, 0.25) is 0 Å². The molecule has 2 saturated heterocycles. The fourth-order valence-electron chi connectivity index (χ4n) is 2.80. The fraction of sp³-hybridized carbons (Fsp3) is 0.714. The van der Waals surface area contributed by atoms with Gasteiger partial charge in [0.15, 0.2) is 0 Å². The largest absolute Gasteiger partial charge is 0.373 e. The highest BCUT2D eigenvalue weighted by molar-refractivity contribution is 7.99. The molecule has 0 bridgehead atoms. The van der Waals surface area contributed by atoms with Crippen LogP contribution >= 0.6 is 11.8 Å². The highest BCUT2D eigenvalue weighted by Gasteiger charge is 2.27. The Bertz CT molecular complexity index is 384. The summed E-state index contributed by atoms with van der Waals surface area (Å²) in [6, 6.07) is 0. The monoisotopic (exact) mass is 279 g/mol.